The monoisotopic (exact) mass is 380 g/mol. The first kappa shape index (κ1) is 21.3. The van der Waals surface area contributed by atoms with E-state index in [0.29, 0.717) is 23.7 Å². The minimum atomic E-state index is -0.148. The predicted octanol–water partition coefficient (Wildman–Crippen LogP) is 5.72. The van der Waals surface area contributed by atoms with Gasteiger partial charge in [0.15, 0.2) is 5.78 Å². The van der Waals surface area contributed by atoms with Gasteiger partial charge in [-0.05, 0) is 58.0 Å². The molecule has 0 aromatic heterocycles. The molecule has 0 N–H and O–H groups in total. The number of ketones is 1. The van der Waals surface area contributed by atoms with E-state index in [1.165, 1.54) is 6.08 Å². The SMILES string of the molecule is C=CCOc1ccc(C(=O)/C=C/c2ccccc2OC(C)C)c(OC(C)C)c1. The molecule has 0 bridgehead atoms. The lowest BCUT2D eigenvalue weighted by atomic mass is 10.1. The summed E-state index contributed by atoms with van der Waals surface area (Å²) in [5.74, 6) is 1.73. The molecule has 148 valence electrons. The van der Waals surface area contributed by atoms with Crippen molar-refractivity contribution >= 4 is 11.9 Å². The van der Waals surface area contributed by atoms with Crippen molar-refractivity contribution in [1.29, 1.82) is 0 Å². The first-order valence-corrected chi connectivity index (χ1v) is 9.43. The fourth-order valence-electron chi connectivity index (χ4n) is 2.54. The Bertz CT molecular complexity index is 834. The van der Waals surface area contributed by atoms with Crippen molar-refractivity contribution in [3.05, 3.63) is 72.3 Å². The van der Waals surface area contributed by atoms with E-state index in [4.69, 9.17) is 14.2 Å². The van der Waals surface area contributed by atoms with Gasteiger partial charge < -0.3 is 14.2 Å². The molecule has 0 radical (unpaired) electrons. The molecule has 0 spiro atoms. The van der Waals surface area contributed by atoms with Gasteiger partial charge in [-0.3, -0.25) is 4.79 Å². The molecule has 0 amide bonds. The van der Waals surface area contributed by atoms with Crippen LogP contribution < -0.4 is 14.2 Å². The molecular weight excluding hydrogens is 352 g/mol. The molecular formula is C24H28O4. The van der Waals surface area contributed by atoms with Crippen molar-refractivity contribution in [3.63, 3.8) is 0 Å². The van der Waals surface area contributed by atoms with Gasteiger partial charge in [0.05, 0.1) is 17.8 Å². The van der Waals surface area contributed by atoms with Crippen LogP contribution >= 0.6 is 0 Å². The second-order valence-electron chi connectivity index (χ2n) is 6.83. The third kappa shape index (κ3) is 6.31. The summed E-state index contributed by atoms with van der Waals surface area (Å²) in [4.78, 5) is 12.8. The van der Waals surface area contributed by atoms with E-state index in [0.717, 1.165) is 11.3 Å². The number of allylic oxidation sites excluding steroid dienone is 1. The highest BCUT2D eigenvalue weighted by atomic mass is 16.5. The lowest BCUT2D eigenvalue weighted by Crippen LogP contribution is -2.10. The highest BCUT2D eigenvalue weighted by molar-refractivity contribution is 6.08. The molecule has 28 heavy (non-hydrogen) atoms. The topological polar surface area (TPSA) is 44.8 Å². The molecule has 0 atom stereocenters. The molecule has 2 aromatic rings. The molecule has 2 aromatic carbocycles. The van der Waals surface area contributed by atoms with Gasteiger partial charge in [-0.1, -0.05) is 30.9 Å². The van der Waals surface area contributed by atoms with E-state index in [1.807, 2.05) is 52.0 Å². The third-order valence-electron chi connectivity index (χ3n) is 3.65. The third-order valence-corrected chi connectivity index (χ3v) is 3.65. The van der Waals surface area contributed by atoms with Gasteiger partial charge in [-0.25, -0.2) is 0 Å². The Labute approximate surface area is 167 Å². The van der Waals surface area contributed by atoms with Crippen molar-refractivity contribution in [2.75, 3.05) is 6.61 Å². The lowest BCUT2D eigenvalue weighted by Gasteiger charge is -2.15. The smallest absolute Gasteiger partial charge is 0.189 e. The van der Waals surface area contributed by atoms with Crippen molar-refractivity contribution < 1.29 is 19.0 Å². The summed E-state index contributed by atoms with van der Waals surface area (Å²) in [5.41, 5.74) is 1.33. The highest BCUT2D eigenvalue weighted by Crippen LogP contribution is 2.28. The van der Waals surface area contributed by atoms with Gasteiger partial charge in [0, 0.05) is 11.6 Å². The van der Waals surface area contributed by atoms with Gasteiger partial charge in [-0.15, -0.1) is 0 Å². The number of ether oxygens (including phenoxy) is 3. The Morgan fingerprint density at radius 2 is 1.68 bits per heavy atom. The maximum absolute atomic E-state index is 12.8. The first-order chi connectivity index (χ1) is 13.4. The zero-order valence-electron chi connectivity index (χ0n) is 17.0. The summed E-state index contributed by atoms with van der Waals surface area (Å²) in [6.07, 6.45) is 4.96. The molecule has 0 unspecified atom stereocenters. The fraction of sp³-hybridized carbons (Fsp3) is 0.292. The standard InChI is InChI=1S/C24H28O4/c1-6-15-26-20-12-13-21(24(16-20)28-18(4)5)22(25)14-11-19-9-7-8-10-23(19)27-17(2)3/h6-14,16-18H,1,15H2,2-5H3/b14-11+. The minimum absolute atomic E-state index is 0.0550. The first-order valence-electron chi connectivity index (χ1n) is 9.43. The zero-order valence-corrected chi connectivity index (χ0v) is 17.0. The van der Waals surface area contributed by atoms with Crippen LogP contribution in [0, 0.1) is 0 Å². The molecule has 0 saturated carbocycles. The normalized spacial score (nSPS) is 11.1. The van der Waals surface area contributed by atoms with E-state index in [1.54, 1.807) is 30.4 Å². The Morgan fingerprint density at radius 3 is 2.36 bits per heavy atom. The number of hydrogen-bond donors (Lipinski definition) is 0. The van der Waals surface area contributed by atoms with Crippen LogP contribution in [0.15, 0.2) is 61.2 Å². The number of benzene rings is 2. The lowest BCUT2D eigenvalue weighted by molar-refractivity contribution is 0.104. The largest absolute Gasteiger partial charge is 0.490 e. The quantitative estimate of drug-likeness (QED) is 0.300. The number of carbonyl (C=O) groups is 1. The van der Waals surface area contributed by atoms with Crippen LogP contribution in [0.5, 0.6) is 17.2 Å². The maximum atomic E-state index is 12.8. The number of hydrogen-bond acceptors (Lipinski definition) is 4. The maximum Gasteiger partial charge on any atom is 0.189 e. The van der Waals surface area contributed by atoms with Crippen LogP contribution in [-0.4, -0.2) is 24.6 Å². The number of rotatable bonds is 10. The van der Waals surface area contributed by atoms with Gasteiger partial charge in [-0.2, -0.15) is 0 Å². The van der Waals surface area contributed by atoms with Gasteiger partial charge >= 0.3 is 0 Å². The molecule has 0 saturated heterocycles. The molecule has 2 rings (SSSR count). The number of para-hydroxylation sites is 1. The summed E-state index contributed by atoms with van der Waals surface area (Å²) in [6, 6.07) is 12.8. The molecule has 0 aliphatic carbocycles. The van der Waals surface area contributed by atoms with Crippen LogP contribution in [0.4, 0.5) is 0 Å². The minimum Gasteiger partial charge on any atom is -0.490 e. The zero-order chi connectivity index (χ0) is 20.5. The van der Waals surface area contributed by atoms with Crippen molar-refractivity contribution in [1.82, 2.24) is 0 Å². The summed E-state index contributed by atoms with van der Waals surface area (Å²) >= 11 is 0. The Hall–Kier alpha value is -3.01. The Morgan fingerprint density at radius 1 is 1.00 bits per heavy atom. The van der Waals surface area contributed by atoms with E-state index >= 15 is 0 Å². The Kier molecular flexibility index (Phi) is 7.88. The van der Waals surface area contributed by atoms with Crippen LogP contribution in [0.25, 0.3) is 6.08 Å². The van der Waals surface area contributed by atoms with E-state index < -0.39 is 0 Å². The van der Waals surface area contributed by atoms with Crippen molar-refractivity contribution in [2.45, 2.75) is 39.9 Å². The van der Waals surface area contributed by atoms with E-state index in [2.05, 4.69) is 6.58 Å². The summed E-state index contributed by atoms with van der Waals surface area (Å²) in [6.45, 7) is 11.8. The van der Waals surface area contributed by atoms with Crippen LogP contribution in [0.2, 0.25) is 0 Å². The highest BCUT2D eigenvalue weighted by Gasteiger charge is 2.13. The molecule has 4 nitrogen and oxygen atoms in total. The second kappa shape index (κ2) is 10.4. The fourth-order valence-corrected chi connectivity index (χ4v) is 2.54. The Balaban J connectivity index is 2.28. The van der Waals surface area contributed by atoms with E-state index in [9.17, 15) is 4.79 Å². The van der Waals surface area contributed by atoms with Crippen LogP contribution in [0.1, 0.15) is 43.6 Å². The predicted molar refractivity (Wildman–Crippen MR) is 113 cm³/mol. The average Bonchev–Trinajstić information content (AvgIpc) is 2.64. The summed E-state index contributed by atoms with van der Waals surface area (Å²) in [7, 11) is 0. The van der Waals surface area contributed by atoms with Crippen LogP contribution in [-0.2, 0) is 0 Å². The summed E-state index contributed by atoms with van der Waals surface area (Å²) in [5, 5.41) is 0. The molecule has 0 fully saturated rings. The van der Waals surface area contributed by atoms with Crippen LogP contribution in [0.3, 0.4) is 0 Å². The van der Waals surface area contributed by atoms with Crippen molar-refractivity contribution in [2.24, 2.45) is 0 Å². The van der Waals surface area contributed by atoms with Gasteiger partial charge in [0.2, 0.25) is 0 Å². The summed E-state index contributed by atoms with van der Waals surface area (Å²) < 4.78 is 17.2. The molecule has 4 heteroatoms. The molecule has 0 heterocycles. The van der Waals surface area contributed by atoms with Crippen molar-refractivity contribution in [3.8, 4) is 17.2 Å². The van der Waals surface area contributed by atoms with Gasteiger partial charge in [0.25, 0.3) is 0 Å². The van der Waals surface area contributed by atoms with E-state index in [-0.39, 0.29) is 18.0 Å². The number of carbonyl (C=O) groups excluding carboxylic acids is 1. The molecule has 0 aliphatic heterocycles. The van der Waals surface area contributed by atoms with Gasteiger partial charge in [0.1, 0.15) is 23.9 Å². The second-order valence-corrected chi connectivity index (χ2v) is 6.83. The average molecular weight is 380 g/mol. The molecule has 0 aliphatic rings.